The second kappa shape index (κ2) is 14.8. The van der Waals surface area contributed by atoms with Gasteiger partial charge in [0.05, 0.1) is 54.3 Å². The summed E-state index contributed by atoms with van der Waals surface area (Å²) < 4.78 is 31.1. The highest BCUT2D eigenvalue weighted by atomic mass is 16.5. The quantitative estimate of drug-likeness (QED) is 0.311. The molecular formula is C27H39NO7. The molecule has 0 aliphatic carbocycles. The first kappa shape index (κ1) is 29.6. The molecule has 0 saturated carbocycles. The molecule has 2 rings (SSSR count). The molecule has 194 valence electrons. The zero-order valence-electron chi connectivity index (χ0n) is 22.5. The predicted molar refractivity (Wildman–Crippen MR) is 139 cm³/mol. The van der Waals surface area contributed by atoms with Crippen molar-refractivity contribution in [1.29, 1.82) is 0 Å². The SMILES string of the molecule is COc1cc(OC)c(OC)cc1C=NC(C(C)C)C(C)C.COc1cc(OC)c(OC)cc1C=O. The molecule has 0 spiro atoms. The van der Waals surface area contributed by atoms with Crippen LogP contribution in [0.4, 0.5) is 0 Å². The van der Waals surface area contributed by atoms with Crippen molar-refractivity contribution in [2.24, 2.45) is 16.8 Å². The van der Waals surface area contributed by atoms with E-state index in [9.17, 15) is 4.79 Å². The van der Waals surface area contributed by atoms with Crippen LogP contribution < -0.4 is 28.4 Å². The van der Waals surface area contributed by atoms with E-state index in [2.05, 4.69) is 27.7 Å². The lowest BCUT2D eigenvalue weighted by molar-refractivity contribution is 0.112. The molecule has 0 radical (unpaired) electrons. The highest BCUT2D eigenvalue weighted by Gasteiger charge is 2.16. The minimum absolute atomic E-state index is 0.280. The van der Waals surface area contributed by atoms with Crippen LogP contribution in [0, 0.1) is 11.8 Å². The van der Waals surface area contributed by atoms with Gasteiger partial charge in [0.15, 0.2) is 29.3 Å². The number of benzene rings is 2. The van der Waals surface area contributed by atoms with Crippen LogP contribution in [0.5, 0.6) is 34.5 Å². The largest absolute Gasteiger partial charge is 0.496 e. The Morgan fingerprint density at radius 3 is 1.26 bits per heavy atom. The van der Waals surface area contributed by atoms with E-state index in [4.69, 9.17) is 33.4 Å². The Kier molecular flexibility index (Phi) is 12.5. The molecule has 0 aliphatic heterocycles. The third-order valence-electron chi connectivity index (χ3n) is 5.35. The molecular weight excluding hydrogens is 450 g/mol. The van der Waals surface area contributed by atoms with Crippen LogP contribution in [0.1, 0.15) is 43.6 Å². The topological polar surface area (TPSA) is 84.8 Å². The van der Waals surface area contributed by atoms with Gasteiger partial charge in [0.1, 0.15) is 11.5 Å². The van der Waals surface area contributed by atoms with Gasteiger partial charge in [0.25, 0.3) is 0 Å². The van der Waals surface area contributed by atoms with Crippen molar-refractivity contribution in [1.82, 2.24) is 0 Å². The van der Waals surface area contributed by atoms with Gasteiger partial charge < -0.3 is 28.4 Å². The van der Waals surface area contributed by atoms with E-state index in [-0.39, 0.29) is 6.04 Å². The van der Waals surface area contributed by atoms with Gasteiger partial charge in [-0.15, -0.1) is 0 Å². The minimum atomic E-state index is 0.280. The molecule has 0 fully saturated rings. The molecule has 0 atom stereocenters. The van der Waals surface area contributed by atoms with E-state index in [0.717, 1.165) is 11.3 Å². The summed E-state index contributed by atoms with van der Waals surface area (Å²) in [6.45, 7) is 8.75. The first-order chi connectivity index (χ1) is 16.7. The number of rotatable bonds is 11. The lowest BCUT2D eigenvalue weighted by Gasteiger charge is -2.20. The van der Waals surface area contributed by atoms with Gasteiger partial charge in [-0.2, -0.15) is 0 Å². The number of carbonyl (C=O) groups is 1. The van der Waals surface area contributed by atoms with Crippen molar-refractivity contribution in [3.63, 3.8) is 0 Å². The zero-order chi connectivity index (χ0) is 26.5. The number of nitrogens with zero attached hydrogens (tertiary/aromatic N) is 1. The summed E-state index contributed by atoms with van der Waals surface area (Å²) in [7, 11) is 9.40. The van der Waals surface area contributed by atoms with Crippen molar-refractivity contribution in [3.8, 4) is 34.5 Å². The van der Waals surface area contributed by atoms with E-state index in [1.165, 1.54) is 21.3 Å². The Bertz CT molecular complexity index is 962. The number of hydrogen-bond donors (Lipinski definition) is 0. The predicted octanol–water partition coefficient (Wildman–Crippen LogP) is 5.34. The van der Waals surface area contributed by atoms with Crippen LogP contribution in [-0.4, -0.2) is 61.2 Å². The number of aldehydes is 1. The van der Waals surface area contributed by atoms with E-state index >= 15 is 0 Å². The summed E-state index contributed by atoms with van der Waals surface area (Å²) in [4.78, 5) is 15.4. The third-order valence-corrected chi connectivity index (χ3v) is 5.35. The lowest BCUT2D eigenvalue weighted by atomic mass is 9.94. The fraction of sp³-hybridized carbons (Fsp3) is 0.481. The summed E-state index contributed by atoms with van der Waals surface area (Å²) >= 11 is 0. The number of carbonyl (C=O) groups excluding carboxylic acids is 1. The molecule has 8 nitrogen and oxygen atoms in total. The highest BCUT2D eigenvalue weighted by Crippen LogP contribution is 2.34. The molecule has 0 aliphatic rings. The van der Waals surface area contributed by atoms with Crippen LogP contribution in [0.25, 0.3) is 0 Å². The first-order valence-electron chi connectivity index (χ1n) is 11.3. The van der Waals surface area contributed by atoms with Crippen molar-refractivity contribution in [3.05, 3.63) is 35.4 Å². The van der Waals surface area contributed by atoms with Crippen LogP contribution >= 0.6 is 0 Å². The number of hydrogen-bond acceptors (Lipinski definition) is 8. The van der Waals surface area contributed by atoms with Crippen LogP contribution in [0.3, 0.4) is 0 Å². The molecule has 0 bridgehead atoms. The molecule has 8 heteroatoms. The third kappa shape index (κ3) is 8.09. The van der Waals surface area contributed by atoms with Gasteiger partial charge in [-0.25, -0.2) is 0 Å². The van der Waals surface area contributed by atoms with Gasteiger partial charge in [-0.3, -0.25) is 9.79 Å². The van der Waals surface area contributed by atoms with Gasteiger partial charge >= 0.3 is 0 Å². The standard InChI is InChI=1S/C17H27NO3.C10H12O4/c1-11(2)17(12(3)4)18-10-13-8-15(20-6)16(21-7)9-14(13)19-5;1-12-8-5-10(14-3)9(13-2)4-7(8)6-11/h8-12,17H,1-7H3;4-6H,1-3H3. The summed E-state index contributed by atoms with van der Waals surface area (Å²) in [5.74, 6) is 4.55. The molecule has 2 aromatic rings. The monoisotopic (exact) mass is 489 g/mol. The average Bonchev–Trinajstić information content (AvgIpc) is 2.87. The van der Waals surface area contributed by atoms with Crippen LogP contribution in [0.2, 0.25) is 0 Å². The second-order valence-electron chi connectivity index (χ2n) is 8.27. The van der Waals surface area contributed by atoms with E-state index < -0.39 is 0 Å². The molecule has 2 aromatic carbocycles. The highest BCUT2D eigenvalue weighted by molar-refractivity contribution is 5.85. The van der Waals surface area contributed by atoms with Gasteiger partial charge in [0, 0.05) is 23.9 Å². The van der Waals surface area contributed by atoms with Crippen LogP contribution in [0.15, 0.2) is 29.3 Å². The van der Waals surface area contributed by atoms with E-state index in [0.29, 0.717) is 52.4 Å². The Balaban J connectivity index is 0.000000379. The zero-order valence-corrected chi connectivity index (χ0v) is 22.5. The maximum atomic E-state index is 10.7. The Hall–Kier alpha value is -3.42. The van der Waals surface area contributed by atoms with Crippen molar-refractivity contribution in [2.75, 3.05) is 42.7 Å². The van der Waals surface area contributed by atoms with Gasteiger partial charge in [-0.1, -0.05) is 27.7 Å². The average molecular weight is 490 g/mol. The Morgan fingerprint density at radius 1 is 0.571 bits per heavy atom. The molecule has 0 saturated heterocycles. The minimum Gasteiger partial charge on any atom is -0.496 e. The van der Waals surface area contributed by atoms with E-state index in [1.807, 2.05) is 18.3 Å². The molecule has 0 amide bonds. The van der Waals surface area contributed by atoms with Crippen LogP contribution in [-0.2, 0) is 0 Å². The molecule has 35 heavy (non-hydrogen) atoms. The Morgan fingerprint density at radius 2 is 0.914 bits per heavy atom. The number of methoxy groups -OCH3 is 6. The normalized spacial score (nSPS) is 10.8. The van der Waals surface area contributed by atoms with Gasteiger partial charge in [-0.05, 0) is 24.0 Å². The van der Waals surface area contributed by atoms with Gasteiger partial charge in [0.2, 0.25) is 0 Å². The summed E-state index contributed by atoms with van der Waals surface area (Å²) in [6.07, 6.45) is 2.58. The summed E-state index contributed by atoms with van der Waals surface area (Å²) in [6, 6.07) is 7.18. The first-order valence-corrected chi connectivity index (χ1v) is 11.3. The van der Waals surface area contributed by atoms with Crippen molar-refractivity contribution in [2.45, 2.75) is 33.7 Å². The molecule has 0 heterocycles. The maximum Gasteiger partial charge on any atom is 0.164 e. The number of aliphatic imine (C=N–C) groups is 1. The lowest BCUT2D eigenvalue weighted by Crippen LogP contribution is -2.20. The summed E-state index contributed by atoms with van der Waals surface area (Å²) in [5, 5.41) is 0. The second-order valence-corrected chi connectivity index (χ2v) is 8.27. The van der Waals surface area contributed by atoms with Crippen molar-refractivity contribution >= 4 is 12.5 Å². The fourth-order valence-electron chi connectivity index (χ4n) is 3.58. The Labute approximate surface area is 209 Å². The summed E-state index contributed by atoms with van der Waals surface area (Å²) in [5.41, 5.74) is 1.33. The van der Waals surface area contributed by atoms with Crippen molar-refractivity contribution < 1.29 is 33.2 Å². The molecule has 0 unspecified atom stereocenters. The number of ether oxygens (including phenoxy) is 6. The molecule has 0 aromatic heterocycles. The maximum absolute atomic E-state index is 10.7. The smallest absolute Gasteiger partial charge is 0.164 e. The van der Waals surface area contributed by atoms with E-state index in [1.54, 1.807) is 33.5 Å². The molecule has 0 N–H and O–H groups in total. The fourth-order valence-corrected chi connectivity index (χ4v) is 3.58.